The van der Waals surface area contributed by atoms with Gasteiger partial charge in [0.15, 0.2) is 0 Å². The molecule has 32 heavy (non-hydrogen) atoms. The fraction of sp³-hybridized carbons (Fsp3) is 0.250. The Morgan fingerprint density at radius 1 is 0.906 bits per heavy atom. The van der Waals surface area contributed by atoms with Gasteiger partial charge in [0, 0.05) is 47.0 Å². The highest BCUT2D eigenvalue weighted by Crippen LogP contribution is 2.35. The van der Waals surface area contributed by atoms with Gasteiger partial charge < -0.3 is 0 Å². The molecule has 1 atom stereocenters. The number of likely N-dealkylation sites (tertiary alicyclic amines) is 1. The van der Waals surface area contributed by atoms with Gasteiger partial charge >= 0.3 is 0 Å². The number of H-pyrrole nitrogens is 2. The number of nitrogens with one attached hydrogen (secondary N) is 2. The SMILES string of the molecule is Fc1ccc(-c2[nH]ncc2CN2CCC[C@H](c3[nH]ncc3-c3cc(F)ccc3F)C2)cc1. The average Bonchev–Trinajstić information content (AvgIpc) is 3.46. The first kappa shape index (κ1) is 20.5. The van der Waals surface area contributed by atoms with Crippen LogP contribution in [-0.4, -0.2) is 38.4 Å². The van der Waals surface area contributed by atoms with E-state index in [2.05, 4.69) is 25.3 Å². The van der Waals surface area contributed by atoms with Crippen LogP contribution in [-0.2, 0) is 6.54 Å². The van der Waals surface area contributed by atoms with Gasteiger partial charge in [0.05, 0.1) is 18.1 Å². The molecule has 8 heteroatoms. The fourth-order valence-corrected chi connectivity index (χ4v) is 4.50. The van der Waals surface area contributed by atoms with Gasteiger partial charge in [-0.05, 0) is 61.9 Å². The molecule has 164 valence electrons. The second-order valence-corrected chi connectivity index (χ2v) is 8.17. The van der Waals surface area contributed by atoms with Crippen LogP contribution in [0.2, 0.25) is 0 Å². The first-order valence-corrected chi connectivity index (χ1v) is 10.6. The Morgan fingerprint density at radius 2 is 1.69 bits per heavy atom. The van der Waals surface area contributed by atoms with E-state index in [1.165, 1.54) is 18.2 Å². The number of aromatic amines is 2. The summed E-state index contributed by atoms with van der Waals surface area (Å²) >= 11 is 0. The molecule has 0 amide bonds. The molecule has 1 fully saturated rings. The van der Waals surface area contributed by atoms with Crippen LogP contribution in [0.25, 0.3) is 22.4 Å². The van der Waals surface area contributed by atoms with Crippen LogP contribution >= 0.6 is 0 Å². The number of piperidine rings is 1. The van der Waals surface area contributed by atoms with Gasteiger partial charge in [0.2, 0.25) is 0 Å². The molecule has 5 nitrogen and oxygen atoms in total. The zero-order valence-corrected chi connectivity index (χ0v) is 17.3. The van der Waals surface area contributed by atoms with E-state index in [1.54, 1.807) is 24.5 Å². The first-order chi connectivity index (χ1) is 15.6. The number of benzene rings is 2. The maximum absolute atomic E-state index is 14.4. The number of halogens is 3. The van der Waals surface area contributed by atoms with E-state index in [0.717, 1.165) is 60.6 Å². The highest BCUT2D eigenvalue weighted by Gasteiger charge is 2.27. The van der Waals surface area contributed by atoms with Gasteiger partial charge in [-0.3, -0.25) is 15.1 Å². The van der Waals surface area contributed by atoms with Crippen molar-refractivity contribution in [2.45, 2.75) is 25.3 Å². The quantitative estimate of drug-likeness (QED) is 0.448. The average molecular weight is 437 g/mol. The van der Waals surface area contributed by atoms with Crippen molar-refractivity contribution >= 4 is 0 Å². The molecule has 0 saturated carbocycles. The van der Waals surface area contributed by atoms with Gasteiger partial charge in [0.1, 0.15) is 17.5 Å². The summed E-state index contributed by atoms with van der Waals surface area (Å²) in [5.41, 5.74) is 4.42. The molecule has 4 aromatic rings. The maximum Gasteiger partial charge on any atom is 0.131 e. The number of hydrogen-bond donors (Lipinski definition) is 2. The van der Waals surface area contributed by atoms with Crippen molar-refractivity contribution in [3.8, 4) is 22.4 Å². The molecular formula is C24H22F3N5. The molecule has 0 radical (unpaired) electrons. The minimum Gasteiger partial charge on any atom is -0.298 e. The van der Waals surface area contributed by atoms with Crippen molar-refractivity contribution in [1.82, 2.24) is 25.3 Å². The van der Waals surface area contributed by atoms with E-state index in [1.807, 2.05) is 0 Å². The van der Waals surface area contributed by atoms with Crippen LogP contribution in [0.3, 0.4) is 0 Å². The van der Waals surface area contributed by atoms with Crippen LogP contribution in [0.15, 0.2) is 54.9 Å². The molecule has 1 aliphatic heterocycles. The van der Waals surface area contributed by atoms with Crippen molar-refractivity contribution < 1.29 is 13.2 Å². The minimum atomic E-state index is -0.480. The van der Waals surface area contributed by atoms with Crippen molar-refractivity contribution in [3.63, 3.8) is 0 Å². The summed E-state index contributed by atoms with van der Waals surface area (Å²) in [6.45, 7) is 2.35. The molecule has 2 aromatic carbocycles. The Labute approximate surface area is 183 Å². The standard InChI is InChI=1S/C24H22F3N5/c25-18-5-3-15(4-6-18)23-17(11-28-30-23)14-32-9-1-2-16(13-32)24-21(12-29-31-24)20-10-19(26)7-8-22(20)27/h3-8,10-12,16H,1-2,9,13-14H2,(H,28,30)(H,29,31)/t16-/m0/s1. The predicted octanol–water partition coefficient (Wildman–Crippen LogP) is 5.26. The predicted molar refractivity (Wildman–Crippen MR) is 115 cm³/mol. The smallest absolute Gasteiger partial charge is 0.131 e. The van der Waals surface area contributed by atoms with Gasteiger partial charge in [-0.15, -0.1) is 0 Å². The molecular weight excluding hydrogens is 415 g/mol. The Morgan fingerprint density at radius 3 is 2.53 bits per heavy atom. The third kappa shape index (κ3) is 4.05. The van der Waals surface area contributed by atoms with Crippen LogP contribution in [0.4, 0.5) is 13.2 Å². The van der Waals surface area contributed by atoms with Crippen LogP contribution in [0.1, 0.15) is 30.0 Å². The lowest BCUT2D eigenvalue weighted by Crippen LogP contribution is -2.34. The van der Waals surface area contributed by atoms with Gasteiger partial charge in [-0.25, -0.2) is 13.2 Å². The molecule has 2 aromatic heterocycles. The van der Waals surface area contributed by atoms with E-state index >= 15 is 0 Å². The summed E-state index contributed by atoms with van der Waals surface area (Å²) in [7, 11) is 0. The lowest BCUT2D eigenvalue weighted by Gasteiger charge is -2.32. The monoisotopic (exact) mass is 437 g/mol. The van der Waals surface area contributed by atoms with Crippen molar-refractivity contribution in [2.75, 3.05) is 13.1 Å². The Bertz CT molecular complexity index is 1210. The van der Waals surface area contributed by atoms with Crippen molar-refractivity contribution in [3.05, 3.63) is 83.6 Å². The Balaban J connectivity index is 1.36. The minimum absolute atomic E-state index is 0.116. The molecule has 1 saturated heterocycles. The molecule has 0 unspecified atom stereocenters. The van der Waals surface area contributed by atoms with Crippen LogP contribution < -0.4 is 0 Å². The zero-order valence-electron chi connectivity index (χ0n) is 17.3. The summed E-state index contributed by atoms with van der Waals surface area (Å²) in [5.74, 6) is -1.11. The Hall–Kier alpha value is -3.39. The summed E-state index contributed by atoms with van der Waals surface area (Å²) in [4.78, 5) is 2.32. The summed E-state index contributed by atoms with van der Waals surface area (Å²) < 4.78 is 41.4. The molecule has 2 N–H and O–H groups in total. The topological polar surface area (TPSA) is 60.6 Å². The second kappa shape index (κ2) is 8.63. The molecule has 3 heterocycles. The normalized spacial score (nSPS) is 17.0. The largest absolute Gasteiger partial charge is 0.298 e. The zero-order chi connectivity index (χ0) is 22.1. The molecule has 0 spiro atoms. The molecule has 5 rings (SSSR count). The number of rotatable bonds is 5. The first-order valence-electron chi connectivity index (χ1n) is 10.6. The van der Waals surface area contributed by atoms with Gasteiger partial charge in [0.25, 0.3) is 0 Å². The van der Waals surface area contributed by atoms with E-state index in [0.29, 0.717) is 12.1 Å². The highest BCUT2D eigenvalue weighted by atomic mass is 19.1. The number of aromatic nitrogens is 4. The van der Waals surface area contributed by atoms with Crippen molar-refractivity contribution in [1.29, 1.82) is 0 Å². The van der Waals surface area contributed by atoms with E-state index in [9.17, 15) is 13.2 Å². The summed E-state index contributed by atoms with van der Waals surface area (Å²) in [6, 6.07) is 9.80. The second-order valence-electron chi connectivity index (χ2n) is 8.17. The van der Waals surface area contributed by atoms with Crippen molar-refractivity contribution in [2.24, 2.45) is 0 Å². The highest BCUT2D eigenvalue weighted by molar-refractivity contribution is 5.67. The molecule has 0 bridgehead atoms. The third-order valence-electron chi connectivity index (χ3n) is 6.05. The van der Waals surface area contributed by atoms with E-state index in [4.69, 9.17) is 0 Å². The summed E-state index contributed by atoms with van der Waals surface area (Å²) in [6.07, 6.45) is 5.26. The molecule has 1 aliphatic rings. The Kier molecular flexibility index (Phi) is 5.53. The number of nitrogens with zero attached hydrogens (tertiary/aromatic N) is 3. The van der Waals surface area contributed by atoms with E-state index < -0.39 is 11.6 Å². The maximum atomic E-state index is 14.4. The van der Waals surface area contributed by atoms with Crippen LogP contribution in [0.5, 0.6) is 0 Å². The lowest BCUT2D eigenvalue weighted by atomic mass is 9.90. The third-order valence-corrected chi connectivity index (χ3v) is 6.05. The number of hydrogen-bond acceptors (Lipinski definition) is 3. The van der Waals surface area contributed by atoms with Gasteiger partial charge in [-0.1, -0.05) is 0 Å². The summed E-state index contributed by atoms with van der Waals surface area (Å²) in [5, 5.41) is 14.4. The fourth-order valence-electron chi connectivity index (χ4n) is 4.50. The van der Waals surface area contributed by atoms with E-state index in [-0.39, 0.29) is 17.3 Å². The molecule has 0 aliphatic carbocycles. The lowest BCUT2D eigenvalue weighted by molar-refractivity contribution is 0.199. The van der Waals surface area contributed by atoms with Gasteiger partial charge in [-0.2, -0.15) is 10.2 Å². The van der Waals surface area contributed by atoms with Crippen LogP contribution in [0, 0.1) is 17.5 Å².